The van der Waals surface area contributed by atoms with Crippen molar-refractivity contribution in [3.8, 4) is 6.07 Å². The molecule has 0 aliphatic rings. The third-order valence-electron chi connectivity index (χ3n) is 2.41. The van der Waals surface area contributed by atoms with Gasteiger partial charge in [0.05, 0.1) is 11.7 Å². The molecule has 0 aliphatic carbocycles. The summed E-state index contributed by atoms with van der Waals surface area (Å²) in [5.74, 6) is 0. The molecule has 0 amide bonds. The lowest BCUT2D eigenvalue weighted by molar-refractivity contribution is 0.163. The largest absolute Gasteiger partial charge is 0.398 e. The SMILES string of the molecule is CC(C)(C)NC[C@H](O)c1ccc(N)c(C#N)c1. The number of aliphatic hydroxyl groups is 1. The monoisotopic (exact) mass is 233 g/mol. The van der Waals surface area contributed by atoms with Gasteiger partial charge in [0.25, 0.3) is 0 Å². The third-order valence-corrected chi connectivity index (χ3v) is 2.41. The number of nitrogen functional groups attached to an aromatic ring is 1. The molecule has 0 bridgehead atoms. The molecule has 1 aromatic rings. The van der Waals surface area contributed by atoms with Gasteiger partial charge in [-0.1, -0.05) is 6.07 Å². The van der Waals surface area contributed by atoms with E-state index in [4.69, 9.17) is 11.0 Å². The Morgan fingerprint density at radius 1 is 1.47 bits per heavy atom. The predicted octanol–water partition coefficient (Wildman–Crippen LogP) is 1.56. The summed E-state index contributed by atoms with van der Waals surface area (Å²) in [5.41, 5.74) is 7.11. The molecule has 4 heteroatoms. The van der Waals surface area contributed by atoms with E-state index >= 15 is 0 Å². The van der Waals surface area contributed by atoms with E-state index < -0.39 is 6.10 Å². The van der Waals surface area contributed by atoms with Crippen LogP contribution < -0.4 is 11.1 Å². The van der Waals surface area contributed by atoms with E-state index in [0.29, 0.717) is 23.4 Å². The van der Waals surface area contributed by atoms with Crippen LogP contribution in [0.15, 0.2) is 18.2 Å². The molecule has 0 saturated heterocycles. The van der Waals surface area contributed by atoms with Gasteiger partial charge in [0.2, 0.25) is 0 Å². The molecule has 0 heterocycles. The number of hydrogen-bond donors (Lipinski definition) is 3. The highest BCUT2D eigenvalue weighted by Gasteiger charge is 2.14. The Labute approximate surface area is 102 Å². The van der Waals surface area contributed by atoms with Crippen molar-refractivity contribution in [1.82, 2.24) is 5.32 Å². The van der Waals surface area contributed by atoms with Crippen LogP contribution in [0.1, 0.15) is 38.0 Å². The average Bonchev–Trinajstić information content (AvgIpc) is 2.25. The maximum Gasteiger partial charge on any atom is 0.101 e. The summed E-state index contributed by atoms with van der Waals surface area (Å²) < 4.78 is 0. The smallest absolute Gasteiger partial charge is 0.101 e. The molecular weight excluding hydrogens is 214 g/mol. The molecule has 0 fully saturated rings. The Balaban J connectivity index is 2.77. The third kappa shape index (κ3) is 4.06. The molecule has 92 valence electrons. The number of nitrogens with two attached hydrogens (primary N) is 1. The molecule has 1 atom stereocenters. The first-order chi connectivity index (χ1) is 7.83. The molecule has 1 aromatic carbocycles. The molecule has 17 heavy (non-hydrogen) atoms. The highest BCUT2D eigenvalue weighted by Crippen LogP contribution is 2.19. The molecule has 4 N–H and O–H groups in total. The van der Waals surface area contributed by atoms with E-state index in [1.165, 1.54) is 0 Å². The highest BCUT2D eigenvalue weighted by atomic mass is 16.3. The first-order valence-corrected chi connectivity index (χ1v) is 5.56. The second kappa shape index (κ2) is 5.17. The first kappa shape index (κ1) is 13.5. The maximum atomic E-state index is 9.98. The lowest BCUT2D eigenvalue weighted by Crippen LogP contribution is -2.38. The van der Waals surface area contributed by atoms with Crippen LogP contribution >= 0.6 is 0 Å². The van der Waals surface area contributed by atoms with Crippen LogP contribution in [0.25, 0.3) is 0 Å². The van der Waals surface area contributed by atoms with Gasteiger partial charge in [-0.05, 0) is 38.5 Å². The fourth-order valence-electron chi connectivity index (χ4n) is 1.40. The number of nitrogens with zero attached hydrogens (tertiary/aromatic N) is 1. The van der Waals surface area contributed by atoms with Crippen molar-refractivity contribution in [2.75, 3.05) is 12.3 Å². The van der Waals surface area contributed by atoms with Crippen molar-refractivity contribution in [3.05, 3.63) is 29.3 Å². The van der Waals surface area contributed by atoms with Crippen LogP contribution in [-0.2, 0) is 0 Å². The lowest BCUT2D eigenvalue weighted by atomic mass is 10.0. The lowest BCUT2D eigenvalue weighted by Gasteiger charge is -2.23. The molecule has 0 aliphatic heterocycles. The summed E-state index contributed by atoms with van der Waals surface area (Å²) in [6, 6.07) is 7.02. The Morgan fingerprint density at radius 3 is 2.65 bits per heavy atom. The molecule has 1 rings (SSSR count). The van der Waals surface area contributed by atoms with Crippen LogP contribution in [-0.4, -0.2) is 17.2 Å². The fraction of sp³-hybridized carbons (Fsp3) is 0.462. The average molecular weight is 233 g/mol. The molecule has 0 unspecified atom stereocenters. The molecule has 0 aromatic heterocycles. The van der Waals surface area contributed by atoms with Gasteiger partial charge in [0.15, 0.2) is 0 Å². The van der Waals surface area contributed by atoms with E-state index in [0.717, 1.165) is 0 Å². The van der Waals surface area contributed by atoms with Gasteiger partial charge in [0.1, 0.15) is 6.07 Å². The van der Waals surface area contributed by atoms with Gasteiger partial charge in [0, 0.05) is 17.8 Å². The Morgan fingerprint density at radius 2 is 2.12 bits per heavy atom. The van der Waals surface area contributed by atoms with Crippen molar-refractivity contribution < 1.29 is 5.11 Å². The summed E-state index contributed by atoms with van der Waals surface area (Å²) in [6.45, 7) is 6.54. The minimum atomic E-state index is -0.637. The number of aliphatic hydroxyl groups excluding tert-OH is 1. The Hall–Kier alpha value is -1.57. The standard InChI is InChI=1S/C13H19N3O/c1-13(2,3)16-8-12(17)9-4-5-11(15)10(6-9)7-14/h4-6,12,16-17H,8,15H2,1-3H3/t12-/m0/s1. The van der Waals surface area contributed by atoms with Crippen LogP contribution in [0.2, 0.25) is 0 Å². The summed E-state index contributed by atoms with van der Waals surface area (Å²) in [7, 11) is 0. The van der Waals surface area contributed by atoms with Crippen molar-refractivity contribution in [3.63, 3.8) is 0 Å². The predicted molar refractivity (Wildman–Crippen MR) is 68.3 cm³/mol. The number of anilines is 1. The van der Waals surface area contributed by atoms with Crippen molar-refractivity contribution >= 4 is 5.69 Å². The second-order valence-corrected chi connectivity index (χ2v) is 5.11. The zero-order chi connectivity index (χ0) is 13.1. The summed E-state index contributed by atoms with van der Waals surface area (Å²) in [4.78, 5) is 0. The Bertz CT molecular complexity index is 429. The van der Waals surface area contributed by atoms with Crippen LogP contribution in [0.5, 0.6) is 0 Å². The minimum Gasteiger partial charge on any atom is -0.398 e. The van der Waals surface area contributed by atoms with E-state index in [1.807, 2.05) is 26.8 Å². The summed E-state index contributed by atoms with van der Waals surface area (Å²) in [6.07, 6.45) is -0.637. The van der Waals surface area contributed by atoms with Gasteiger partial charge in [-0.2, -0.15) is 5.26 Å². The van der Waals surface area contributed by atoms with Gasteiger partial charge in [-0.3, -0.25) is 0 Å². The number of hydrogen-bond acceptors (Lipinski definition) is 4. The topological polar surface area (TPSA) is 82.1 Å². The van der Waals surface area contributed by atoms with Crippen molar-refractivity contribution in [1.29, 1.82) is 5.26 Å². The molecule has 0 saturated carbocycles. The van der Waals surface area contributed by atoms with Gasteiger partial charge in [-0.25, -0.2) is 0 Å². The van der Waals surface area contributed by atoms with E-state index in [1.54, 1.807) is 18.2 Å². The summed E-state index contributed by atoms with van der Waals surface area (Å²) >= 11 is 0. The number of nitriles is 1. The first-order valence-electron chi connectivity index (χ1n) is 5.56. The van der Waals surface area contributed by atoms with Gasteiger partial charge >= 0.3 is 0 Å². The van der Waals surface area contributed by atoms with Crippen LogP contribution in [0, 0.1) is 11.3 Å². The van der Waals surface area contributed by atoms with Crippen LogP contribution in [0.3, 0.4) is 0 Å². The quantitative estimate of drug-likeness (QED) is 0.692. The highest BCUT2D eigenvalue weighted by molar-refractivity contribution is 5.55. The molecule has 0 spiro atoms. The normalized spacial score (nSPS) is 13.1. The van der Waals surface area contributed by atoms with Gasteiger partial charge < -0.3 is 16.2 Å². The Kier molecular flexibility index (Phi) is 4.11. The number of rotatable bonds is 3. The van der Waals surface area contributed by atoms with Gasteiger partial charge in [-0.15, -0.1) is 0 Å². The van der Waals surface area contributed by atoms with Crippen molar-refractivity contribution in [2.24, 2.45) is 0 Å². The number of benzene rings is 1. The number of nitrogens with one attached hydrogen (secondary N) is 1. The second-order valence-electron chi connectivity index (χ2n) is 5.11. The van der Waals surface area contributed by atoms with Crippen molar-refractivity contribution in [2.45, 2.75) is 32.4 Å². The van der Waals surface area contributed by atoms with Crippen LogP contribution in [0.4, 0.5) is 5.69 Å². The zero-order valence-electron chi connectivity index (χ0n) is 10.5. The fourth-order valence-corrected chi connectivity index (χ4v) is 1.40. The number of β-amino-alcohol motifs (C(OH)–C–C–N with tert-alkyl or cyclic N) is 1. The van der Waals surface area contributed by atoms with E-state index in [9.17, 15) is 5.11 Å². The zero-order valence-corrected chi connectivity index (χ0v) is 10.5. The summed E-state index contributed by atoms with van der Waals surface area (Å²) in [5, 5.41) is 22.0. The molecule has 4 nitrogen and oxygen atoms in total. The molecular formula is C13H19N3O. The van der Waals surface area contributed by atoms with E-state index in [-0.39, 0.29) is 5.54 Å². The van der Waals surface area contributed by atoms with E-state index in [2.05, 4.69) is 5.32 Å². The molecule has 0 radical (unpaired) electrons. The minimum absolute atomic E-state index is 0.0488. The maximum absolute atomic E-state index is 9.98.